The van der Waals surface area contributed by atoms with Crippen molar-refractivity contribution in [3.8, 4) is 17.0 Å². The monoisotopic (exact) mass is 486 g/mol. The Morgan fingerprint density at radius 3 is 2.48 bits per heavy atom. The molecule has 10 nitrogen and oxygen atoms in total. The number of hydrogen-bond donors (Lipinski definition) is 2. The van der Waals surface area contributed by atoms with Crippen LogP contribution in [0.25, 0.3) is 29.7 Å². The van der Waals surface area contributed by atoms with Gasteiger partial charge in [-0.2, -0.15) is 0 Å². The molecule has 0 radical (unpaired) electrons. The summed E-state index contributed by atoms with van der Waals surface area (Å²) in [6, 6.07) is 12.9. The van der Waals surface area contributed by atoms with E-state index in [0.717, 1.165) is 0 Å². The molecule has 0 spiro atoms. The van der Waals surface area contributed by atoms with Gasteiger partial charge < -0.3 is 4.42 Å². The van der Waals surface area contributed by atoms with Crippen LogP contribution in [0.5, 0.6) is 0 Å². The summed E-state index contributed by atoms with van der Waals surface area (Å²) in [5, 5.41) is 19.6. The molecule has 0 aliphatic rings. The Balaban J connectivity index is 1.72. The summed E-state index contributed by atoms with van der Waals surface area (Å²) in [5.41, 5.74) is 0.133. The fraction of sp³-hybridized carbons (Fsp3) is 0. The molecule has 0 amide bonds. The van der Waals surface area contributed by atoms with Crippen molar-refractivity contribution in [3.63, 3.8) is 0 Å². The maximum Gasteiger partial charge on any atom is 0.288 e. The molecular formula is C21H15ClN4O6S. The molecule has 0 aliphatic heterocycles. The summed E-state index contributed by atoms with van der Waals surface area (Å²) in [4.78, 5) is 23.3. The first-order chi connectivity index (χ1) is 15.5. The SMILES string of the molecule is C=c1[nH]n(-c2ccc(S(N)(=O)=O)cc2)c(=O)/c1=C\c1ccc(-c2ccc(Cl)c([N+](=O)[O-])c2)o1. The van der Waals surface area contributed by atoms with E-state index in [9.17, 15) is 23.3 Å². The molecule has 12 heteroatoms. The van der Waals surface area contributed by atoms with Crippen LogP contribution < -0.4 is 21.3 Å². The second kappa shape index (κ2) is 8.20. The summed E-state index contributed by atoms with van der Waals surface area (Å²) >= 11 is 5.85. The van der Waals surface area contributed by atoms with Gasteiger partial charge in [0.2, 0.25) is 10.0 Å². The van der Waals surface area contributed by atoms with Crippen LogP contribution in [-0.2, 0) is 10.0 Å². The molecule has 168 valence electrons. The Kier molecular flexibility index (Phi) is 5.54. The molecule has 0 bridgehead atoms. The smallest absolute Gasteiger partial charge is 0.288 e. The van der Waals surface area contributed by atoms with Gasteiger partial charge in [0.15, 0.2) is 0 Å². The number of furan rings is 1. The maximum atomic E-state index is 12.9. The van der Waals surface area contributed by atoms with Crippen LogP contribution in [-0.4, -0.2) is 23.1 Å². The number of H-pyrrole nitrogens is 1. The standard InChI is InChI=1S/C21H15ClN4O6S/c1-12-17(21(27)25(24-12)14-3-6-16(7-4-14)33(23,30)31)11-15-5-9-20(32-15)13-2-8-18(22)19(10-13)26(28)29/h2-11,24H,1H2,(H2,23,30,31)/b17-11-. The number of primary sulfonamides is 1. The third-order valence-electron chi connectivity index (χ3n) is 4.77. The highest BCUT2D eigenvalue weighted by Crippen LogP contribution is 2.31. The lowest BCUT2D eigenvalue weighted by Crippen LogP contribution is -2.33. The second-order valence-corrected chi connectivity index (χ2v) is 8.92. The molecule has 0 saturated carbocycles. The Morgan fingerprint density at radius 2 is 1.85 bits per heavy atom. The van der Waals surface area contributed by atoms with Gasteiger partial charge in [-0.05, 0) is 54.6 Å². The molecule has 0 aliphatic carbocycles. The predicted molar refractivity (Wildman–Crippen MR) is 122 cm³/mol. The Labute approximate surface area is 191 Å². The molecule has 0 fully saturated rings. The normalized spacial score (nSPS) is 12.2. The molecule has 0 saturated heterocycles. The molecule has 2 aromatic heterocycles. The summed E-state index contributed by atoms with van der Waals surface area (Å²) in [5.74, 6) is 0.668. The van der Waals surface area contributed by atoms with Crippen molar-refractivity contribution in [1.82, 2.24) is 9.78 Å². The van der Waals surface area contributed by atoms with E-state index in [1.807, 2.05) is 0 Å². The summed E-state index contributed by atoms with van der Waals surface area (Å²) in [6.45, 7) is 3.83. The van der Waals surface area contributed by atoms with Crippen molar-refractivity contribution in [2.24, 2.45) is 5.14 Å². The van der Waals surface area contributed by atoms with E-state index >= 15 is 0 Å². The van der Waals surface area contributed by atoms with Crippen molar-refractivity contribution in [1.29, 1.82) is 0 Å². The second-order valence-electron chi connectivity index (χ2n) is 6.95. The average molecular weight is 487 g/mol. The van der Waals surface area contributed by atoms with E-state index in [-0.39, 0.29) is 20.8 Å². The molecule has 33 heavy (non-hydrogen) atoms. The van der Waals surface area contributed by atoms with Gasteiger partial charge in [-0.25, -0.2) is 18.2 Å². The fourth-order valence-corrected chi connectivity index (χ4v) is 3.85. The van der Waals surface area contributed by atoms with Gasteiger partial charge in [0.05, 0.1) is 26.1 Å². The van der Waals surface area contributed by atoms with Crippen molar-refractivity contribution in [2.75, 3.05) is 0 Å². The third kappa shape index (κ3) is 4.37. The molecule has 4 aromatic rings. The number of rotatable bonds is 5. The molecular weight excluding hydrogens is 472 g/mol. The van der Waals surface area contributed by atoms with E-state index in [2.05, 4.69) is 11.7 Å². The van der Waals surface area contributed by atoms with Crippen molar-refractivity contribution in [3.05, 3.63) is 96.4 Å². The van der Waals surface area contributed by atoms with Crippen LogP contribution in [0, 0.1) is 10.1 Å². The van der Waals surface area contributed by atoms with E-state index in [4.69, 9.17) is 21.2 Å². The van der Waals surface area contributed by atoms with Crippen LogP contribution >= 0.6 is 11.6 Å². The fourth-order valence-electron chi connectivity index (χ4n) is 3.14. The minimum absolute atomic E-state index is 0.00811. The van der Waals surface area contributed by atoms with Gasteiger partial charge in [0.25, 0.3) is 11.2 Å². The Morgan fingerprint density at radius 1 is 1.15 bits per heavy atom. The highest BCUT2D eigenvalue weighted by atomic mass is 35.5. The molecule has 2 aromatic carbocycles. The van der Waals surface area contributed by atoms with Crippen molar-refractivity contribution < 1.29 is 17.8 Å². The largest absolute Gasteiger partial charge is 0.457 e. The van der Waals surface area contributed by atoms with Crippen LogP contribution in [0.15, 0.2) is 68.7 Å². The lowest BCUT2D eigenvalue weighted by atomic mass is 10.1. The summed E-state index contributed by atoms with van der Waals surface area (Å²) in [6.07, 6.45) is 1.48. The number of nitro groups is 1. The zero-order valence-corrected chi connectivity index (χ0v) is 18.3. The number of aromatic amines is 1. The van der Waals surface area contributed by atoms with Gasteiger partial charge in [-0.1, -0.05) is 18.2 Å². The minimum atomic E-state index is -3.86. The zero-order valence-electron chi connectivity index (χ0n) is 16.7. The van der Waals surface area contributed by atoms with E-state index in [0.29, 0.717) is 28.1 Å². The first-order valence-electron chi connectivity index (χ1n) is 9.24. The summed E-state index contributed by atoms with van der Waals surface area (Å²) in [7, 11) is -3.86. The maximum absolute atomic E-state index is 12.9. The highest BCUT2D eigenvalue weighted by molar-refractivity contribution is 7.89. The molecule has 4 rings (SSSR count). The first kappa shape index (κ1) is 22.3. The van der Waals surface area contributed by atoms with Gasteiger partial charge >= 0.3 is 0 Å². The molecule has 0 unspecified atom stereocenters. The third-order valence-corrected chi connectivity index (χ3v) is 6.02. The molecule has 3 N–H and O–H groups in total. The van der Waals surface area contributed by atoms with Gasteiger partial charge in [0, 0.05) is 11.6 Å². The van der Waals surface area contributed by atoms with Crippen LogP contribution in [0.4, 0.5) is 5.69 Å². The number of halogens is 1. The first-order valence-corrected chi connectivity index (χ1v) is 11.2. The lowest BCUT2D eigenvalue weighted by molar-refractivity contribution is -0.384. The Bertz CT molecular complexity index is 1670. The van der Waals surface area contributed by atoms with Crippen LogP contribution in [0.2, 0.25) is 5.02 Å². The number of nitrogens with zero attached hydrogens (tertiary/aromatic N) is 2. The van der Waals surface area contributed by atoms with Crippen molar-refractivity contribution >= 4 is 40.0 Å². The van der Waals surface area contributed by atoms with Crippen LogP contribution in [0.1, 0.15) is 5.76 Å². The van der Waals surface area contributed by atoms with Gasteiger partial charge in [0.1, 0.15) is 16.5 Å². The highest BCUT2D eigenvalue weighted by Gasteiger charge is 2.15. The number of sulfonamides is 1. The number of aromatic nitrogens is 2. The number of benzene rings is 2. The topological polar surface area (TPSA) is 154 Å². The minimum Gasteiger partial charge on any atom is -0.457 e. The number of nitro benzene ring substituents is 1. The van der Waals surface area contributed by atoms with Crippen molar-refractivity contribution in [2.45, 2.75) is 4.90 Å². The van der Waals surface area contributed by atoms with E-state index in [1.54, 1.807) is 18.2 Å². The molecule has 0 atom stereocenters. The lowest BCUT2D eigenvalue weighted by Gasteiger charge is -2.02. The van der Waals surface area contributed by atoms with Gasteiger partial charge in [-0.3, -0.25) is 20.0 Å². The predicted octanol–water partition coefficient (Wildman–Crippen LogP) is 1.87. The average Bonchev–Trinajstić information content (AvgIpc) is 3.33. The number of nitrogens with one attached hydrogen (secondary N) is 1. The van der Waals surface area contributed by atoms with E-state index < -0.39 is 20.5 Å². The number of nitrogens with two attached hydrogens (primary N) is 1. The van der Waals surface area contributed by atoms with Crippen LogP contribution in [0.3, 0.4) is 0 Å². The molecule has 2 heterocycles. The zero-order chi connectivity index (χ0) is 23.9. The quantitative estimate of drug-likeness (QED) is 0.324. The van der Waals surface area contributed by atoms with E-state index in [1.165, 1.54) is 47.2 Å². The Hall–Kier alpha value is -3.93. The summed E-state index contributed by atoms with van der Waals surface area (Å²) < 4.78 is 29.8. The van der Waals surface area contributed by atoms with Gasteiger partial charge in [-0.15, -0.1) is 0 Å². The number of hydrogen-bond acceptors (Lipinski definition) is 6.